The second-order valence-corrected chi connectivity index (χ2v) is 6.87. The van der Waals surface area contributed by atoms with Crippen LogP contribution in [0.2, 0.25) is 0 Å². The van der Waals surface area contributed by atoms with Crippen LogP contribution in [0.3, 0.4) is 0 Å². The molecule has 2 aromatic carbocycles. The Hall–Kier alpha value is -2.66. The van der Waals surface area contributed by atoms with Crippen LogP contribution in [0.1, 0.15) is 24.1 Å². The molecule has 1 aliphatic heterocycles. The molecule has 0 radical (unpaired) electrons. The van der Waals surface area contributed by atoms with Crippen molar-refractivity contribution in [2.24, 2.45) is 0 Å². The number of piperazine rings is 1. The number of carbonyl (C=O) groups is 1. The third-order valence-electron chi connectivity index (χ3n) is 5.03. The zero-order chi connectivity index (χ0) is 19.4. The van der Waals surface area contributed by atoms with E-state index in [1.807, 2.05) is 23.1 Å². The molecule has 1 amide bonds. The molecule has 1 fully saturated rings. The Morgan fingerprint density at radius 2 is 1.96 bits per heavy atom. The largest absolute Gasteiger partial charge is 0.497 e. The molecule has 1 aliphatic rings. The van der Waals surface area contributed by atoms with Crippen molar-refractivity contribution in [2.75, 3.05) is 33.8 Å². The van der Waals surface area contributed by atoms with Crippen molar-refractivity contribution in [2.45, 2.75) is 13.0 Å². The third-order valence-corrected chi connectivity index (χ3v) is 5.03. The Kier molecular flexibility index (Phi) is 5.91. The smallest absolute Gasteiger partial charge is 0.249 e. The molecule has 5 heteroatoms. The first kappa shape index (κ1) is 19.1. The topological polar surface area (TPSA) is 32.8 Å². The van der Waals surface area contributed by atoms with Gasteiger partial charge in [0.15, 0.2) is 0 Å². The van der Waals surface area contributed by atoms with E-state index >= 15 is 0 Å². The highest BCUT2D eigenvalue weighted by Gasteiger charge is 2.29. The van der Waals surface area contributed by atoms with Crippen molar-refractivity contribution >= 4 is 12.0 Å². The van der Waals surface area contributed by atoms with E-state index in [1.165, 1.54) is 6.07 Å². The molecule has 0 N–H and O–H groups in total. The van der Waals surface area contributed by atoms with Gasteiger partial charge >= 0.3 is 0 Å². The zero-order valence-corrected chi connectivity index (χ0v) is 16.0. The summed E-state index contributed by atoms with van der Waals surface area (Å²) in [4.78, 5) is 17.0. The molecular weight excluding hydrogens is 343 g/mol. The lowest BCUT2D eigenvalue weighted by atomic mass is 10.0. The Morgan fingerprint density at radius 3 is 2.70 bits per heavy atom. The van der Waals surface area contributed by atoms with Gasteiger partial charge in [0, 0.05) is 30.8 Å². The van der Waals surface area contributed by atoms with Gasteiger partial charge in [-0.2, -0.15) is 0 Å². The molecule has 1 unspecified atom stereocenters. The fraction of sp³-hybridized carbons (Fsp3) is 0.318. The second-order valence-electron chi connectivity index (χ2n) is 6.87. The Bertz CT molecular complexity index is 850. The molecule has 1 heterocycles. The molecule has 0 aromatic heterocycles. The number of rotatable bonds is 4. The Morgan fingerprint density at radius 1 is 1.19 bits per heavy atom. The van der Waals surface area contributed by atoms with Crippen LogP contribution in [-0.2, 0) is 4.79 Å². The van der Waals surface area contributed by atoms with Gasteiger partial charge in [0.25, 0.3) is 0 Å². The van der Waals surface area contributed by atoms with Crippen LogP contribution in [0.5, 0.6) is 5.75 Å². The molecular formula is C22H25FN2O2. The monoisotopic (exact) mass is 368 g/mol. The van der Waals surface area contributed by atoms with E-state index in [4.69, 9.17) is 4.74 Å². The highest BCUT2D eigenvalue weighted by atomic mass is 19.1. The predicted molar refractivity (Wildman–Crippen MR) is 105 cm³/mol. The van der Waals surface area contributed by atoms with Crippen LogP contribution < -0.4 is 4.74 Å². The lowest BCUT2D eigenvalue weighted by Gasteiger charge is -2.40. The first-order chi connectivity index (χ1) is 13.0. The number of hydrogen-bond donors (Lipinski definition) is 0. The average molecular weight is 368 g/mol. The molecule has 4 nitrogen and oxygen atoms in total. The van der Waals surface area contributed by atoms with E-state index in [2.05, 4.69) is 18.0 Å². The van der Waals surface area contributed by atoms with Gasteiger partial charge in [0.1, 0.15) is 11.6 Å². The third kappa shape index (κ3) is 4.37. The molecule has 0 spiro atoms. The number of amides is 1. The molecule has 3 rings (SSSR count). The number of hydrogen-bond acceptors (Lipinski definition) is 3. The van der Waals surface area contributed by atoms with Crippen LogP contribution in [0.4, 0.5) is 4.39 Å². The highest BCUT2D eigenvalue weighted by molar-refractivity contribution is 5.97. The van der Waals surface area contributed by atoms with Gasteiger partial charge in [-0.1, -0.05) is 30.3 Å². The molecule has 0 saturated carbocycles. The van der Waals surface area contributed by atoms with Crippen LogP contribution in [0, 0.1) is 5.82 Å². The average Bonchev–Trinajstić information content (AvgIpc) is 2.69. The van der Waals surface area contributed by atoms with Crippen LogP contribution in [0.25, 0.3) is 6.08 Å². The highest BCUT2D eigenvalue weighted by Crippen LogP contribution is 2.27. The summed E-state index contributed by atoms with van der Waals surface area (Å²) in [6, 6.07) is 14.5. The SMILES string of the molecule is COc1cccc(C2CN(C(=O)/C(C)=C/c3ccccc3F)CCN2C)c1. The summed E-state index contributed by atoms with van der Waals surface area (Å²) in [5.41, 5.74) is 2.08. The summed E-state index contributed by atoms with van der Waals surface area (Å²) in [6.07, 6.45) is 1.62. The Balaban J connectivity index is 1.78. The number of likely N-dealkylation sites (N-methyl/N-ethyl adjacent to an activating group) is 1. The standard InChI is InChI=1S/C22H25FN2O2/c1-16(13-17-7-4-5-10-20(17)23)22(26)25-12-11-24(2)21(15-25)18-8-6-9-19(14-18)27-3/h4-10,13-14,21H,11-12,15H2,1-3H3/b16-13+. The van der Waals surface area contributed by atoms with Crippen molar-refractivity contribution in [1.29, 1.82) is 0 Å². The molecule has 1 saturated heterocycles. The number of methoxy groups -OCH3 is 1. The van der Waals surface area contributed by atoms with Crippen molar-refractivity contribution in [3.8, 4) is 5.75 Å². The number of halogens is 1. The molecule has 0 aliphatic carbocycles. The van der Waals surface area contributed by atoms with Crippen molar-refractivity contribution in [1.82, 2.24) is 9.80 Å². The van der Waals surface area contributed by atoms with Gasteiger partial charge in [0.2, 0.25) is 5.91 Å². The first-order valence-corrected chi connectivity index (χ1v) is 9.06. The summed E-state index contributed by atoms with van der Waals surface area (Å²) >= 11 is 0. The summed E-state index contributed by atoms with van der Waals surface area (Å²) in [5, 5.41) is 0. The van der Waals surface area contributed by atoms with Crippen molar-refractivity contribution < 1.29 is 13.9 Å². The number of nitrogens with zero attached hydrogens (tertiary/aromatic N) is 2. The summed E-state index contributed by atoms with van der Waals surface area (Å²) in [6.45, 7) is 3.76. The fourth-order valence-electron chi connectivity index (χ4n) is 3.40. The van der Waals surface area contributed by atoms with Gasteiger partial charge in [-0.15, -0.1) is 0 Å². The quantitative estimate of drug-likeness (QED) is 0.771. The maximum Gasteiger partial charge on any atom is 0.249 e. The molecule has 27 heavy (non-hydrogen) atoms. The van der Waals surface area contributed by atoms with E-state index < -0.39 is 0 Å². The predicted octanol–water partition coefficient (Wildman–Crippen LogP) is 3.75. The van der Waals surface area contributed by atoms with Crippen LogP contribution in [0.15, 0.2) is 54.1 Å². The minimum Gasteiger partial charge on any atom is -0.497 e. The van der Waals surface area contributed by atoms with Crippen LogP contribution in [-0.4, -0.2) is 49.5 Å². The maximum atomic E-state index is 13.9. The van der Waals surface area contributed by atoms with E-state index in [-0.39, 0.29) is 17.8 Å². The molecule has 142 valence electrons. The van der Waals surface area contributed by atoms with Gasteiger partial charge in [-0.25, -0.2) is 4.39 Å². The fourth-order valence-corrected chi connectivity index (χ4v) is 3.40. The summed E-state index contributed by atoms with van der Waals surface area (Å²) in [7, 11) is 3.71. The Labute approximate surface area is 159 Å². The van der Waals surface area contributed by atoms with E-state index in [9.17, 15) is 9.18 Å². The lowest BCUT2D eigenvalue weighted by molar-refractivity contribution is -0.129. The molecule has 0 bridgehead atoms. The van der Waals surface area contributed by atoms with E-state index in [1.54, 1.807) is 38.3 Å². The minimum atomic E-state index is -0.322. The minimum absolute atomic E-state index is 0.0563. The number of benzene rings is 2. The second kappa shape index (κ2) is 8.35. The van der Waals surface area contributed by atoms with Crippen molar-refractivity contribution in [3.05, 3.63) is 71.0 Å². The zero-order valence-electron chi connectivity index (χ0n) is 16.0. The van der Waals surface area contributed by atoms with Gasteiger partial charge in [-0.05, 0) is 43.8 Å². The number of ether oxygens (including phenoxy) is 1. The van der Waals surface area contributed by atoms with Gasteiger partial charge < -0.3 is 9.64 Å². The molecule has 2 aromatic rings. The van der Waals surface area contributed by atoms with Crippen molar-refractivity contribution in [3.63, 3.8) is 0 Å². The van der Waals surface area contributed by atoms with E-state index in [0.717, 1.165) is 17.9 Å². The van der Waals surface area contributed by atoms with Gasteiger partial charge in [-0.3, -0.25) is 9.69 Å². The summed E-state index contributed by atoms with van der Waals surface area (Å²) in [5.74, 6) is 0.427. The van der Waals surface area contributed by atoms with Crippen LogP contribution >= 0.6 is 0 Å². The lowest BCUT2D eigenvalue weighted by Crippen LogP contribution is -2.49. The van der Waals surface area contributed by atoms with Gasteiger partial charge in [0.05, 0.1) is 13.2 Å². The summed E-state index contributed by atoms with van der Waals surface area (Å²) < 4.78 is 19.2. The number of carbonyl (C=O) groups excluding carboxylic acids is 1. The van der Waals surface area contributed by atoms with E-state index in [0.29, 0.717) is 24.2 Å². The maximum absolute atomic E-state index is 13.9. The molecule has 1 atom stereocenters. The normalized spacial score (nSPS) is 18.4. The first-order valence-electron chi connectivity index (χ1n) is 9.06.